The molecule has 1 heterocycles. The molecule has 4 aliphatic carbocycles. The molecule has 1 N–H and O–H groups in total. The van der Waals surface area contributed by atoms with E-state index in [1.807, 2.05) is 18.7 Å². The third-order valence-corrected chi connectivity index (χ3v) is 9.20. The summed E-state index contributed by atoms with van der Waals surface area (Å²) in [5.74, 6) is -0.181. The minimum Gasteiger partial charge on any atom is -0.342 e. The van der Waals surface area contributed by atoms with E-state index < -0.39 is 17.8 Å². The Morgan fingerprint density at radius 1 is 1.03 bits per heavy atom. The third kappa shape index (κ3) is 4.53. The zero-order chi connectivity index (χ0) is 24.7. The fraction of sp³-hybridized carbons (Fsp3) is 0.690. The van der Waals surface area contributed by atoms with Crippen molar-refractivity contribution >= 4 is 17.6 Å². The number of amides is 2. The van der Waals surface area contributed by atoms with Gasteiger partial charge in [-0.2, -0.15) is 0 Å². The highest BCUT2D eigenvalue weighted by atomic mass is 19.1. The number of benzene rings is 1. The number of hydrogen-bond donors (Lipinski definition) is 1. The van der Waals surface area contributed by atoms with Crippen LogP contribution in [-0.4, -0.2) is 41.6 Å². The van der Waals surface area contributed by atoms with Crippen molar-refractivity contribution in [3.63, 3.8) is 0 Å². The maximum absolute atomic E-state index is 15.8. The van der Waals surface area contributed by atoms with Crippen LogP contribution >= 0.6 is 0 Å². The summed E-state index contributed by atoms with van der Waals surface area (Å²) < 4.78 is 15.8. The molecule has 0 spiro atoms. The molecular weight excluding hydrogens is 443 g/mol. The van der Waals surface area contributed by atoms with Crippen LogP contribution in [0.4, 0.5) is 4.39 Å². The third-order valence-electron chi connectivity index (χ3n) is 9.20. The second-order valence-electron chi connectivity index (χ2n) is 12.0. The number of rotatable bonds is 7. The highest BCUT2D eigenvalue weighted by Gasteiger charge is 2.62. The summed E-state index contributed by atoms with van der Waals surface area (Å²) in [4.78, 5) is 41.3. The number of hydrogen-bond acceptors (Lipinski definition) is 3. The largest absolute Gasteiger partial charge is 0.342 e. The van der Waals surface area contributed by atoms with E-state index in [1.165, 1.54) is 6.07 Å². The average Bonchev–Trinajstić information content (AvgIpc) is 2.80. The molecule has 0 aromatic heterocycles. The molecule has 1 aromatic carbocycles. The van der Waals surface area contributed by atoms with E-state index in [9.17, 15) is 14.4 Å². The molecule has 1 aromatic rings. The van der Waals surface area contributed by atoms with Crippen molar-refractivity contribution in [3.8, 4) is 0 Å². The topological polar surface area (TPSA) is 66.5 Å². The molecule has 5 nitrogen and oxygen atoms in total. The van der Waals surface area contributed by atoms with E-state index in [4.69, 9.17) is 0 Å². The lowest BCUT2D eigenvalue weighted by atomic mass is 9.44. The Morgan fingerprint density at radius 2 is 1.74 bits per heavy atom. The number of carbonyl (C=O) groups excluding carboxylic acids is 3. The predicted molar refractivity (Wildman–Crippen MR) is 132 cm³/mol. The number of halogens is 1. The van der Waals surface area contributed by atoms with Gasteiger partial charge in [0.25, 0.3) is 5.91 Å². The zero-order valence-corrected chi connectivity index (χ0v) is 21.2. The van der Waals surface area contributed by atoms with E-state index in [-0.39, 0.29) is 40.4 Å². The normalized spacial score (nSPS) is 29.2. The average molecular weight is 483 g/mol. The van der Waals surface area contributed by atoms with E-state index in [0.717, 1.165) is 76.7 Å². The van der Waals surface area contributed by atoms with Crippen LogP contribution in [-0.2, 0) is 9.59 Å². The number of piperidine rings is 1. The van der Waals surface area contributed by atoms with Gasteiger partial charge in [-0.15, -0.1) is 0 Å². The highest BCUT2D eigenvalue weighted by molar-refractivity contribution is 5.98. The van der Waals surface area contributed by atoms with Crippen LogP contribution in [0.5, 0.6) is 0 Å². The van der Waals surface area contributed by atoms with E-state index in [1.54, 1.807) is 12.1 Å². The van der Waals surface area contributed by atoms with Crippen LogP contribution in [0.1, 0.15) is 99.9 Å². The molecule has 4 saturated carbocycles. The number of nitrogens with zero attached hydrogens (tertiary/aromatic N) is 1. The van der Waals surface area contributed by atoms with Crippen molar-refractivity contribution < 1.29 is 18.8 Å². The first-order chi connectivity index (χ1) is 16.8. The van der Waals surface area contributed by atoms with Crippen LogP contribution in [0.15, 0.2) is 18.2 Å². The molecule has 6 rings (SSSR count). The number of nitrogens with one attached hydrogen (secondary N) is 1. The van der Waals surface area contributed by atoms with E-state index >= 15 is 4.39 Å². The predicted octanol–water partition coefficient (Wildman–Crippen LogP) is 5.24. The Kier molecular flexibility index (Phi) is 6.75. The molecule has 190 valence electrons. The number of ketones is 1. The summed E-state index contributed by atoms with van der Waals surface area (Å²) in [6, 6.07) is 4.43. The standard InChI is InChI=1S/C29H39FN2O3/c1-18(2)26(33)25(20-8-4-3-5-9-20)31-27(34)23-12-6-11-22(24(23)30)21-10-7-13-32(17-21)28(35)29-14-19(15-29)16-29/h6,11-12,18-21,25H,3-5,7-10,13-17H2,1-2H3,(H,31,34)/t19?,21-,25-,29?/m1/s1. The van der Waals surface area contributed by atoms with E-state index in [2.05, 4.69) is 5.32 Å². The van der Waals surface area contributed by atoms with E-state index in [0.29, 0.717) is 12.1 Å². The summed E-state index contributed by atoms with van der Waals surface area (Å²) in [5.41, 5.74) is 0.393. The molecule has 2 amide bonds. The molecule has 0 unspecified atom stereocenters. The van der Waals surface area contributed by atoms with Crippen LogP contribution < -0.4 is 5.32 Å². The molecule has 0 radical (unpaired) electrons. The molecule has 5 aliphatic rings. The van der Waals surface area contributed by atoms with Gasteiger partial charge in [-0.1, -0.05) is 45.2 Å². The van der Waals surface area contributed by atoms with Crippen molar-refractivity contribution in [1.29, 1.82) is 0 Å². The first-order valence-corrected chi connectivity index (χ1v) is 13.7. The fourth-order valence-electron chi connectivity index (χ4n) is 7.00. The molecular formula is C29H39FN2O3. The van der Waals surface area contributed by atoms with Crippen molar-refractivity contribution in [1.82, 2.24) is 10.2 Å². The van der Waals surface area contributed by atoms with Crippen LogP contribution in [0.3, 0.4) is 0 Å². The summed E-state index contributed by atoms with van der Waals surface area (Å²) in [6.45, 7) is 4.97. The first kappa shape index (κ1) is 24.5. The van der Waals surface area contributed by atoms with Gasteiger partial charge >= 0.3 is 0 Å². The fourth-order valence-corrected chi connectivity index (χ4v) is 7.00. The Balaban J connectivity index is 1.31. The summed E-state index contributed by atoms with van der Waals surface area (Å²) in [5, 5.41) is 2.93. The molecule has 1 saturated heterocycles. The maximum atomic E-state index is 15.8. The molecule has 1 aliphatic heterocycles. The minimum absolute atomic E-state index is 0.00253. The minimum atomic E-state index is -0.568. The van der Waals surface area contributed by atoms with Crippen molar-refractivity contribution in [2.45, 2.75) is 90.0 Å². The summed E-state index contributed by atoms with van der Waals surface area (Å²) in [7, 11) is 0. The van der Waals surface area contributed by atoms with Crippen LogP contribution in [0.2, 0.25) is 0 Å². The van der Waals surface area contributed by atoms with Gasteiger partial charge in [0.1, 0.15) is 5.82 Å². The highest BCUT2D eigenvalue weighted by Crippen LogP contribution is 2.65. The van der Waals surface area contributed by atoms with Crippen LogP contribution in [0, 0.1) is 29.0 Å². The Hall–Kier alpha value is -2.24. The van der Waals surface area contributed by atoms with Gasteiger partial charge in [0, 0.05) is 24.9 Å². The smallest absolute Gasteiger partial charge is 0.254 e. The molecule has 5 fully saturated rings. The van der Waals surface area contributed by atoms with Gasteiger partial charge in [-0.05, 0) is 68.4 Å². The van der Waals surface area contributed by atoms with Gasteiger partial charge in [-0.25, -0.2) is 4.39 Å². The lowest BCUT2D eigenvalue weighted by Crippen LogP contribution is -2.62. The van der Waals surface area contributed by atoms with Gasteiger partial charge in [0.2, 0.25) is 5.91 Å². The monoisotopic (exact) mass is 482 g/mol. The second kappa shape index (κ2) is 9.67. The Bertz CT molecular complexity index is 983. The Morgan fingerprint density at radius 3 is 2.37 bits per heavy atom. The van der Waals surface area contributed by atoms with Gasteiger partial charge < -0.3 is 10.2 Å². The van der Waals surface area contributed by atoms with Gasteiger partial charge in [0.05, 0.1) is 17.0 Å². The Labute approximate surface area is 208 Å². The molecule has 6 heteroatoms. The summed E-state index contributed by atoms with van der Waals surface area (Å²) >= 11 is 0. The van der Waals surface area contributed by atoms with Crippen molar-refractivity contribution in [2.24, 2.45) is 23.2 Å². The molecule has 35 heavy (non-hydrogen) atoms. The number of likely N-dealkylation sites (tertiary alicyclic amines) is 1. The number of Topliss-reactive ketones (excluding diaryl/α,β-unsaturated/α-hetero) is 1. The van der Waals surface area contributed by atoms with Crippen molar-refractivity contribution in [2.75, 3.05) is 13.1 Å². The zero-order valence-electron chi connectivity index (χ0n) is 21.2. The van der Waals surface area contributed by atoms with Crippen LogP contribution in [0.25, 0.3) is 0 Å². The lowest BCUT2D eigenvalue weighted by molar-refractivity contribution is -0.178. The molecule has 2 atom stereocenters. The SMILES string of the molecule is CC(C)C(=O)[C@H](NC(=O)c1cccc([C@@H]2CCCN(C(=O)C34CC(C3)C4)C2)c1F)C1CCCCC1. The summed E-state index contributed by atoms with van der Waals surface area (Å²) in [6.07, 6.45) is 9.83. The maximum Gasteiger partial charge on any atom is 0.254 e. The quantitative estimate of drug-likeness (QED) is 0.578. The van der Waals surface area contributed by atoms with Crippen molar-refractivity contribution in [3.05, 3.63) is 35.1 Å². The van der Waals surface area contributed by atoms with Gasteiger partial charge in [0.15, 0.2) is 5.78 Å². The van der Waals surface area contributed by atoms with Gasteiger partial charge in [-0.3, -0.25) is 14.4 Å². The lowest BCUT2D eigenvalue weighted by Gasteiger charge is -2.61. The second-order valence-corrected chi connectivity index (χ2v) is 12.0. The number of carbonyl (C=O) groups is 3. The first-order valence-electron chi connectivity index (χ1n) is 13.7. The molecule has 2 bridgehead atoms.